The molecule has 4 rings (SSSR count). The largest absolute Gasteiger partial charge is 0.444 e. The van der Waals surface area contributed by atoms with E-state index >= 15 is 0 Å². The third kappa shape index (κ3) is 4.97. The fourth-order valence-corrected chi connectivity index (χ4v) is 4.70. The van der Waals surface area contributed by atoms with Crippen LogP contribution >= 0.6 is 0 Å². The van der Waals surface area contributed by atoms with Crippen LogP contribution in [0.15, 0.2) is 30.3 Å². The predicted octanol–water partition coefficient (Wildman–Crippen LogP) is 4.30. The van der Waals surface area contributed by atoms with Crippen LogP contribution in [0.4, 0.5) is 9.59 Å². The fraction of sp³-hybridized carbons (Fsp3) is 0.667. The van der Waals surface area contributed by atoms with E-state index in [4.69, 9.17) is 14.2 Å². The highest BCUT2D eigenvalue weighted by atomic mass is 16.6. The number of ether oxygens (including phenoxy) is 3. The smallest absolute Gasteiger partial charge is 0.410 e. The molecule has 7 heteroatoms. The van der Waals surface area contributed by atoms with Gasteiger partial charge in [-0.15, -0.1) is 0 Å². The second kappa shape index (κ2) is 8.01. The number of hydrogen-bond donors (Lipinski definition) is 0. The van der Waals surface area contributed by atoms with Gasteiger partial charge in [0, 0.05) is 32.5 Å². The highest BCUT2D eigenvalue weighted by molar-refractivity contribution is 5.71. The lowest BCUT2D eigenvalue weighted by Gasteiger charge is -2.46. The normalized spacial score (nSPS) is 31.2. The molecule has 31 heavy (non-hydrogen) atoms. The Morgan fingerprint density at radius 3 is 2.55 bits per heavy atom. The molecule has 3 atom stereocenters. The Bertz CT molecular complexity index is 817. The number of epoxide rings is 1. The van der Waals surface area contributed by atoms with Crippen LogP contribution in [0.5, 0.6) is 0 Å². The van der Waals surface area contributed by atoms with E-state index in [1.807, 2.05) is 51.1 Å². The summed E-state index contributed by atoms with van der Waals surface area (Å²) in [6.07, 6.45) is 2.41. The van der Waals surface area contributed by atoms with E-state index in [9.17, 15) is 9.59 Å². The number of nitrogens with zero attached hydrogens (tertiary/aromatic N) is 2. The molecule has 0 spiro atoms. The van der Waals surface area contributed by atoms with Crippen molar-refractivity contribution in [1.29, 1.82) is 0 Å². The molecule has 2 unspecified atom stereocenters. The molecule has 1 aromatic carbocycles. The van der Waals surface area contributed by atoms with E-state index < -0.39 is 11.2 Å². The Kier molecular flexibility index (Phi) is 5.66. The third-order valence-corrected chi connectivity index (χ3v) is 6.36. The lowest BCUT2D eigenvalue weighted by Crippen LogP contribution is -2.57. The van der Waals surface area contributed by atoms with E-state index in [1.54, 1.807) is 9.80 Å². The number of likely N-dealkylation sites (tertiary alicyclic amines) is 1. The first-order chi connectivity index (χ1) is 14.6. The van der Waals surface area contributed by atoms with Crippen LogP contribution in [-0.4, -0.2) is 65.5 Å². The van der Waals surface area contributed by atoms with Crippen LogP contribution in [0.3, 0.4) is 0 Å². The van der Waals surface area contributed by atoms with Gasteiger partial charge in [-0.3, -0.25) is 0 Å². The molecule has 7 nitrogen and oxygen atoms in total. The lowest BCUT2D eigenvalue weighted by atomic mass is 9.81. The molecule has 3 heterocycles. The minimum Gasteiger partial charge on any atom is -0.444 e. The van der Waals surface area contributed by atoms with Crippen LogP contribution in [0, 0.1) is 0 Å². The first-order valence-electron chi connectivity index (χ1n) is 11.3. The highest BCUT2D eigenvalue weighted by Crippen LogP contribution is 2.46. The number of amides is 2. The maximum Gasteiger partial charge on any atom is 0.410 e. The fourth-order valence-electron chi connectivity index (χ4n) is 4.70. The van der Waals surface area contributed by atoms with Gasteiger partial charge < -0.3 is 24.0 Å². The summed E-state index contributed by atoms with van der Waals surface area (Å²) in [5, 5.41) is 0. The van der Waals surface area contributed by atoms with Gasteiger partial charge in [0.25, 0.3) is 0 Å². The SMILES string of the molecule is CC(C)(C)OC(=O)N1CCCC(N2CC[C@](CC3(C)CO3)(c3ccccc3)OC2=O)C1. The summed E-state index contributed by atoms with van der Waals surface area (Å²) in [5.41, 5.74) is -0.445. The molecule has 0 radical (unpaired) electrons. The summed E-state index contributed by atoms with van der Waals surface area (Å²) in [5.74, 6) is 0. The minimum atomic E-state index is -0.681. The number of carbonyl (C=O) groups excluding carboxylic acids is 2. The molecule has 0 bridgehead atoms. The Hall–Kier alpha value is -2.28. The summed E-state index contributed by atoms with van der Waals surface area (Å²) in [6, 6.07) is 9.92. The molecular weight excluding hydrogens is 396 g/mol. The summed E-state index contributed by atoms with van der Waals surface area (Å²) in [4.78, 5) is 29.3. The summed E-state index contributed by atoms with van der Waals surface area (Å²) < 4.78 is 17.4. The van der Waals surface area contributed by atoms with E-state index in [0.717, 1.165) is 18.4 Å². The van der Waals surface area contributed by atoms with Crippen molar-refractivity contribution in [3.05, 3.63) is 35.9 Å². The molecule has 3 aliphatic rings. The van der Waals surface area contributed by atoms with Crippen LogP contribution < -0.4 is 0 Å². The molecular formula is C24H34N2O5. The predicted molar refractivity (Wildman–Crippen MR) is 116 cm³/mol. The Morgan fingerprint density at radius 2 is 1.94 bits per heavy atom. The first-order valence-corrected chi connectivity index (χ1v) is 11.3. The molecule has 0 saturated carbocycles. The van der Waals surface area contributed by atoms with Gasteiger partial charge in [-0.1, -0.05) is 30.3 Å². The van der Waals surface area contributed by atoms with Crippen molar-refractivity contribution in [2.45, 2.75) is 76.2 Å². The number of hydrogen-bond acceptors (Lipinski definition) is 5. The standard InChI is InChI=1S/C24H34N2O5/c1-22(2,3)30-20(27)25-13-8-11-19(15-25)26-14-12-24(31-21(26)28,16-23(4)17-29-23)18-9-6-5-7-10-18/h5-7,9-10,19H,8,11-17H2,1-4H3/t19?,23?,24-/m0/s1. The van der Waals surface area contributed by atoms with Gasteiger partial charge in [0.2, 0.25) is 0 Å². The van der Waals surface area contributed by atoms with Gasteiger partial charge in [-0.05, 0) is 46.1 Å². The first kappa shape index (κ1) is 21.9. The zero-order valence-corrected chi connectivity index (χ0v) is 19.1. The molecule has 3 aliphatic heterocycles. The molecule has 0 aromatic heterocycles. The summed E-state index contributed by atoms with van der Waals surface area (Å²) >= 11 is 0. The quantitative estimate of drug-likeness (QED) is 0.666. The van der Waals surface area contributed by atoms with Gasteiger partial charge in [-0.2, -0.15) is 0 Å². The molecule has 1 aromatic rings. The summed E-state index contributed by atoms with van der Waals surface area (Å²) in [7, 11) is 0. The number of carbonyl (C=O) groups is 2. The van der Waals surface area contributed by atoms with Crippen molar-refractivity contribution >= 4 is 12.2 Å². The molecule has 2 amide bonds. The Balaban J connectivity index is 1.46. The molecule has 3 fully saturated rings. The van der Waals surface area contributed by atoms with Crippen LogP contribution in [0.25, 0.3) is 0 Å². The van der Waals surface area contributed by atoms with Crippen LogP contribution in [-0.2, 0) is 19.8 Å². The number of cyclic esters (lactones) is 1. The Morgan fingerprint density at radius 1 is 1.23 bits per heavy atom. The van der Waals surface area contributed by atoms with Crippen molar-refractivity contribution in [3.8, 4) is 0 Å². The zero-order valence-electron chi connectivity index (χ0n) is 19.1. The van der Waals surface area contributed by atoms with Crippen molar-refractivity contribution in [2.24, 2.45) is 0 Å². The van der Waals surface area contributed by atoms with Crippen LogP contribution in [0.1, 0.15) is 58.9 Å². The topological polar surface area (TPSA) is 71.6 Å². The third-order valence-electron chi connectivity index (χ3n) is 6.36. The monoisotopic (exact) mass is 430 g/mol. The lowest BCUT2D eigenvalue weighted by molar-refractivity contribution is -0.0811. The van der Waals surface area contributed by atoms with Gasteiger partial charge >= 0.3 is 12.2 Å². The van der Waals surface area contributed by atoms with Crippen molar-refractivity contribution in [2.75, 3.05) is 26.2 Å². The van der Waals surface area contributed by atoms with E-state index in [-0.39, 0.29) is 23.8 Å². The highest BCUT2D eigenvalue weighted by Gasteiger charge is 2.53. The minimum absolute atomic E-state index is 0.0599. The van der Waals surface area contributed by atoms with E-state index in [1.165, 1.54) is 0 Å². The average Bonchev–Trinajstić information content (AvgIpc) is 3.44. The van der Waals surface area contributed by atoms with Crippen molar-refractivity contribution < 1.29 is 23.8 Å². The van der Waals surface area contributed by atoms with Crippen LogP contribution in [0.2, 0.25) is 0 Å². The molecule has 3 saturated heterocycles. The number of piperidine rings is 1. The zero-order chi connectivity index (χ0) is 22.3. The Labute approximate surface area is 184 Å². The van der Waals surface area contributed by atoms with Gasteiger partial charge in [0.15, 0.2) is 0 Å². The van der Waals surface area contributed by atoms with E-state index in [0.29, 0.717) is 39.1 Å². The summed E-state index contributed by atoms with van der Waals surface area (Å²) in [6.45, 7) is 10.1. The van der Waals surface area contributed by atoms with Gasteiger partial charge in [0.1, 0.15) is 11.2 Å². The van der Waals surface area contributed by atoms with Gasteiger partial charge in [0.05, 0.1) is 18.2 Å². The second-order valence-corrected chi connectivity index (χ2v) is 10.3. The van der Waals surface area contributed by atoms with Crippen molar-refractivity contribution in [3.63, 3.8) is 0 Å². The molecule has 170 valence electrons. The second-order valence-electron chi connectivity index (χ2n) is 10.3. The maximum atomic E-state index is 13.2. The van der Waals surface area contributed by atoms with Gasteiger partial charge in [-0.25, -0.2) is 9.59 Å². The molecule has 0 N–H and O–H groups in total. The molecule has 0 aliphatic carbocycles. The van der Waals surface area contributed by atoms with Crippen molar-refractivity contribution in [1.82, 2.24) is 9.80 Å². The number of rotatable bonds is 4. The average molecular weight is 431 g/mol. The van der Waals surface area contributed by atoms with E-state index in [2.05, 4.69) is 6.92 Å². The number of benzene rings is 1. The maximum absolute atomic E-state index is 13.2.